The summed E-state index contributed by atoms with van der Waals surface area (Å²) in [6.45, 7) is 6.80. The van der Waals surface area contributed by atoms with Gasteiger partial charge in [-0.25, -0.2) is 4.79 Å². The summed E-state index contributed by atoms with van der Waals surface area (Å²) in [5.74, 6) is 0.207. The van der Waals surface area contributed by atoms with E-state index in [-0.39, 0.29) is 0 Å². The molecule has 1 aromatic carbocycles. The van der Waals surface area contributed by atoms with Crippen LogP contribution in [0.4, 0.5) is 5.69 Å². The first kappa shape index (κ1) is 17.3. The van der Waals surface area contributed by atoms with Gasteiger partial charge in [0.1, 0.15) is 17.1 Å². The maximum Gasteiger partial charge on any atom is 0.342 e. The second-order valence-electron chi connectivity index (χ2n) is 5.26. The van der Waals surface area contributed by atoms with E-state index in [9.17, 15) is 9.59 Å². The molecule has 1 heterocycles. The Hall–Kier alpha value is -2.08. The van der Waals surface area contributed by atoms with Gasteiger partial charge in [0.15, 0.2) is 6.10 Å². The van der Waals surface area contributed by atoms with Crippen molar-refractivity contribution in [1.29, 1.82) is 0 Å². The summed E-state index contributed by atoms with van der Waals surface area (Å²) in [7, 11) is 0. The fourth-order valence-electron chi connectivity index (χ4n) is 2.14. The molecule has 23 heavy (non-hydrogen) atoms. The fraction of sp³-hybridized carbons (Fsp3) is 0.294. The van der Waals surface area contributed by atoms with Crippen LogP contribution in [0.2, 0.25) is 0 Å². The maximum atomic E-state index is 12.2. The number of halogens is 1. The van der Waals surface area contributed by atoms with Crippen LogP contribution >= 0.6 is 15.9 Å². The molecule has 1 atom stereocenters. The predicted octanol–water partition coefficient (Wildman–Crippen LogP) is 4.15. The lowest BCUT2D eigenvalue weighted by Crippen LogP contribution is -2.30. The number of furan rings is 1. The number of amides is 1. The van der Waals surface area contributed by atoms with Crippen molar-refractivity contribution in [2.75, 3.05) is 5.32 Å². The summed E-state index contributed by atoms with van der Waals surface area (Å²) in [6.07, 6.45) is -0.917. The van der Waals surface area contributed by atoms with Gasteiger partial charge in [-0.3, -0.25) is 4.79 Å². The zero-order chi connectivity index (χ0) is 17.1. The van der Waals surface area contributed by atoms with Crippen molar-refractivity contribution >= 4 is 33.5 Å². The van der Waals surface area contributed by atoms with E-state index in [0.29, 0.717) is 22.8 Å². The number of rotatable bonds is 4. The Kier molecular flexibility index (Phi) is 5.26. The van der Waals surface area contributed by atoms with Crippen LogP contribution in [0.25, 0.3) is 0 Å². The molecule has 0 unspecified atom stereocenters. The normalized spacial score (nSPS) is 11.9. The number of carbonyl (C=O) groups is 2. The van der Waals surface area contributed by atoms with Gasteiger partial charge in [0.2, 0.25) is 0 Å². The Morgan fingerprint density at radius 2 is 1.74 bits per heavy atom. The van der Waals surface area contributed by atoms with Gasteiger partial charge < -0.3 is 14.5 Å². The molecule has 0 radical (unpaired) electrons. The van der Waals surface area contributed by atoms with Gasteiger partial charge >= 0.3 is 5.97 Å². The van der Waals surface area contributed by atoms with Crippen LogP contribution < -0.4 is 5.32 Å². The molecular weight excluding hydrogens is 362 g/mol. The Bertz CT molecular complexity index is 734. The van der Waals surface area contributed by atoms with Crippen molar-refractivity contribution < 1.29 is 18.7 Å². The summed E-state index contributed by atoms with van der Waals surface area (Å²) in [4.78, 5) is 24.4. The van der Waals surface area contributed by atoms with Crippen LogP contribution in [0.5, 0.6) is 0 Å². The molecule has 0 saturated carbocycles. The molecule has 1 N–H and O–H groups in total. The SMILES string of the molecule is Cc1oc(C)c(C(=O)O[C@@H](C)C(=O)Nc2ccc(Br)cc2)c1C. The van der Waals surface area contributed by atoms with Crippen LogP contribution in [-0.2, 0) is 9.53 Å². The minimum absolute atomic E-state index is 0.380. The predicted molar refractivity (Wildman–Crippen MR) is 90.6 cm³/mol. The van der Waals surface area contributed by atoms with E-state index in [0.717, 1.165) is 10.0 Å². The van der Waals surface area contributed by atoms with Gasteiger partial charge in [0.05, 0.1) is 0 Å². The van der Waals surface area contributed by atoms with Gasteiger partial charge in [0, 0.05) is 15.7 Å². The van der Waals surface area contributed by atoms with E-state index in [1.807, 2.05) is 12.1 Å². The molecule has 0 aliphatic rings. The number of benzene rings is 1. The van der Waals surface area contributed by atoms with Gasteiger partial charge in [-0.1, -0.05) is 15.9 Å². The highest BCUT2D eigenvalue weighted by Crippen LogP contribution is 2.22. The number of nitrogens with one attached hydrogen (secondary N) is 1. The summed E-state index contributed by atoms with van der Waals surface area (Å²) in [6, 6.07) is 7.13. The molecule has 2 rings (SSSR count). The second kappa shape index (κ2) is 7.00. The van der Waals surface area contributed by atoms with Crippen LogP contribution in [0.3, 0.4) is 0 Å². The Morgan fingerprint density at radius 3 is 2.26 bits per heavy atom. The molecule has 0 saturated heterocycles. The van der Waals surface area contributed by atoms with E-state index in [1.54, 1.807) is 32.9 Å². The number of aryl methyl sites for hydroxylation is 2. The standard InChI is InChI=1S/C17H18BrNO4/c1-9-10(2)22-11(3)15(9)17(21)23-12(4)16(20)19-14-7-5-13(18)6-8-14/h5-8,12H,1-4H3,(H,19,20)/t12-/m0/s1. The van der Waals surface area contributed by atoms with Crippen LogP contribution in [0.15, 0.2) is 33.2 Å². The van der Waals surface area contributed by atoms with Gasteiger partial charge in [-0.05, 0) is 52.0 Å². The largest absolute Gasteiger partial charge is 0.465 e. The monoisotopic (exact) mass is 379 g/mol. The smallest absolute Gasteiger partial charge is 0.342 e. The maximum absolute atomic E-state index is 12.2. The van der Waals surface area contributed by atoms with Gasteiger partial charge in [-0.2, -0.15) is 0 Å². The zero-order valence-corrected chi connectivity index (χ0v) is 15.0. The first-order chi connectivity index (χ1) is 10.8. The van der Waals surface area contributed by atoms with Gasteiger partial charge in [0.25, 0.3) is 5.91 Å². The van der Waals surface area contributed by atoms with E-state index in [4.69, 9.17) is 9.15 Å². The van der Waals surface area contributed by atoms with E-state index >= 15 is 0 Å². The molecule has 0 bridgehead atoms. The van der Waals surface area contributed by atoms with Gasteiger partial charge in [-0.15, -0.1) is 0 Å². The molecule has 1 aromatic heterocycles. The van der Waals surface area contributed by atoms with Crippen LogP contribution in [0, 0.1) is 20.8 Å². The quantitative estimate of drug-likeness (QED) is 0.810. The molecule has 122 valence electrons. The van der Waals surface area contributed by atoms with E-state index in [2.05, 4.69) is 21.2 Å². The minimum atomic E-state index is -0.917. The summed E-state index contributed by atoms with van der Waals surface area (Å²) in [5.41, 5.74) is 1.74. The molecule has 2 aromatic rings. The number of carbonyl (C=O) groups excluding carboxylic acids is 2. The Balaban J connectivity index is 2.03. The molecule has 1 amide bonds. The van der Waals surface area contributed by atoms with Crippen molar-refractivity contribution in [2.45, 2.75) is 33.8 Å². The number of esters is 1. The van der Waals surface area contributed by atoms with Crippen molar-refractivity contribution in [3.05, 3.63) is 51.4 Å². The molecule has 0 fully saturated rings. The molecule has 0 aliphatic heterocycles. The third-order valence-corrected chi connectivity index (χ3v) is 4.06. The summed E-state index contributed by atoms with van der Waals surface area (Å²) < 4.78 is 11.6. The Morgan fingerprint density at radius 1 is 1.13 bits per heavy atom. The number of ether oxygens (including phenoxy) is 1. The summed E-state index contributed by atoms with van der Waals surface area (Å²) >= 11 is 3.32. The first-order valence-corrected chi connectivity index (χ1v) is 7.93. The second-order valence-corrected chi connectivity index (χ2v) is 6.17. The highest BCUT2D eigenvalue weighted by Gasteiger charge is 2.24. The van der Waals surface area contributed by atoms with E-state index < -0.39 is 18.0 Å². The molecule has 6 heteroatoms. The summed E-state index contributed by atoms with van der Waals surface area (Å²) in [5, 5.41) is 2.70. The third kappa shape index (κ3) is 4.01. The van der Waals surface area contributed by atoms with Crippen molar-refractivity contribution in [1.82, 2.24) is 0 Å². The van der Waals surface area contributed by atoms with Crippen molar-refractivity contribution in [3.63, 3.8) is 0 Å². The average Bonchev–Trinajstić information content (AvgIpc) is 2.74. The average molecular weight is 380 g/mol. The molecule has 5 nitrogen and oxygen atoms in total. The van der Waals surface area contributed by atoms with Crippen molar-refractivity contribution in [3.8, 4) is 0 Å². The highest BCUT2D eigenvalue weighted by atomic mass is 79.9. The fourth-order valence-corrected chi connectivity index (χ4v) is 2.41. The minimum Gasteiger partial charge on any atom is -0.465 e. The van der Waals surface area contributed by atoms with Crippen LogP contribution in [-0.4, -0.2) is 18.0 Å². The molecular formula is C17H18BrNO4. The Labute approximate surface area is 143 Å². The lowest BCUT2D eigenvalue weighted by molar-refractivity contribution is -0.123. The lowest BCUT2D eigenvalue weighted by Gasteiger charge is -2.13. The lowest BCUT2D eigenvalue weighted by atomic mass is 10.1. The first-order valence-electron chi connectivity index (χ1n) is 7.13. The van der Waals surface area contributed by atoms with Crippen molar-refractivity contribution in [2.24, 2.45) is 0 Å². The highest BCUT2D eigenvalue weighted by molar-refractivity contribution is 9.10. The molecule has 0 aliphatic carbocycles. The van der Waals surface area contributed by atoms with E-state index in [1.165, 1.54) is 6.92 Å². The number of hydrogen-bond donors (Lipinski definition) is 1. The number of anilines is 1. The topological polar surface area (TPSA) is 68.5 Å². The zero-order valence-electron chi connectivity index (χ0n) is 13.4. The third-order valence-electron chi connectivity index (χ3n) is 3.53. The number of hydrogen-bond acceptors (Lipinski definition) is 4. The van der Waals surface area contributed by atoms with Crippen LogP contribution in [0.1, 0.15) is 34.4 Å². The molecule has 0 spiro atoms.